The van der Waals surface area contributed by atoms with E-state index in [4.69, 9.17) is 0 Å². The van der Waals surface area contributed by atoms with E-state index in [0.29, 0.717) is 31.0 Å². The first-order chi connectivity index (χ1) is 10.6. The molecule has 2 unspecified atom stereocenters. The van der Waals surface area contributed by atoms with E-state index in [2.05, 4.69) is 36.0 Å². The van der Waals surface area contributed by atoms with Crippen LogP contribution in [0.25, 0.3) is 0 Å². The number of nitrogens with zero attached hydrogens (tertiary/aromatic N) is 3. The van der Waals surface area contributed by atoms with Crippen LogP contribution in [0, 0.1) is 18.7 Å². The molecule has 4 nitrogen and oxygen atoms in total. The van der Waals surface area contributed by atoms with Crippen LogP contribution in [0.5, 0.6) is 0 Å². The summed E-state index contributed by atoms with van der Waals surface area (Å²) in [4.78, 5) is 6.38. The van der Waals surface area contributed by atoms with Crippen LogP contribution in [-0.4, -0.2) is 39.8 Å². The molecule has 0 aliphatic carbocycles. The Morgan fingerprint density at radius 2 is 2.23 bits per heavy atom. The van der Waals surface area contributed by atoms with Gasteiger partial charge >= 0.3 is 0 Å². The van der Waals surface area contributed by atoms with Crippen molar-refractivity contribution in [3.63, 3.8) is 0 Å². The van der Waals surface area contributed by atoms with Gasteiger partial charge in [-0.2, -0.15) is 5.10 Å². The number of alkyl halides is 1. The molecule has 1 fully saturated rings. The summed E-state index contributed by atoms with van der Waals surface area (Å²) >= 11 is 3.35. The Balaban J connectivity index is 1.75. The highest BCUT2D eigenvalue weighted by Gasteiger charge is 2.36. The molecule has 1 saturated heterocycles. The lowest BCUT2D eigenvalue weighted by Gasteiger charge is -2.16. The molecule has 118 valence electrons. The third kappa shape index (κ3) is 3.20. The zero-order valence-corrected chi connectivity index (χ0v) is 13.8. The summed E-state index contributed by atoms with van der Waals surface area (Å²) in [6.45, 7) is 3.08. The van der Waals surface area contributed by atoms with Gasteiger partial charge in [0.15, 0.2) is 5.82 Å². The van der Waals surface area contributed by atoms with E-state index >= 15 is 0 Å². The van der Waals surface area contributed by atoms with Crippen molar-refractivity contribution >= 4 is 15.9 Å². The van der Waals surface area contributed by atoms with Gasteiger partial charge in [-0.05, 0) is 25.1 Å². The fourth-order valence-electron chi connectivity index (χ4n) is 2.97. The molecule has 7 heteroatoms. The van der Waals surface area contributed by atoms with Gasteiger partial charge in [-0.15, -0.1) is 0 Å². The first-order valence-electron chi connectivity index (χ1n) is 7.18. The molecule has 0 amide bonds. The van der Waals surface area contributed by atoms with E-state index in [1.54, 1.807) is 12.1 Å². The molecule has 2 atom stereocenters. The summed E-state index contributed by atoms with van der Waals surface area (Å²) in [5, 5.41) is 6.96. The number of hydrogen-bond donors (Lipinski definition) is 1. The van der Waals surface area contributed by atoms with Crippen LogP contribution in [0.15, 0.2) is 22.7 Å². The average molecular weight is 371 g/mol. The minimum atomic E-state index is -0.421. The summed E-state index contributed by atoms with van der Waals surface area (Å²) < 4.78 is 28.0. The van der Waals surface area contributed by atoms with Gasteiger partial charge in [-0.1, -0.05) is 15.9 Å². The van der Waals surface area contributed by atoms with Crippen LogP contribution in [0.2, 0.25) is 0 Å². The Morgan fingerprint density at radius 3 is 2.91 bits per heavy atom. The zero-order chi connectivity index (χ0) is 15.7. The first-order valence-corrected chi connectivity index (χ1v) is 7.97. The van der Waals surface area contributed by atoms with Crippen molar-refractivity contribution in [3.05, 3.63) is 45.7 Å². The van der Waals surface area contributed by atoms with Crippen molar-refractivity contribution in [2.45, 2.75) is 19.4 Å². The number of H-pyrrole nitrogens is 1. The van der Waals surface area contributed by atoms with Gasteiger partial charge in [-0.3, -0.25) is 14.4 Å². The van der Waals surface area contributed by atoms with E-state index in [-0.39, 0.29) is 17.7 Å². The van der Waals surface area contributed by atoms with Crippen molar-refractivity contribution in [1.29, 1.82) is 0 Å². The normalized spacial score (nSPS) is 22.4. The Kier molecular flexibility index (Phi) is 4.54. The number of benzene rings is 1. The maximum atomic E-state index is 13.9. The van der Waals surface area contributed by atoms with Gasteiger partial charge in [0.25, 0.3) is 0 Å². The predicted octanol–water partition coefficient (Wildman–Crippen LogP) is 3.20. The molecule has 1 aromatic heterocycles. The minimum absolute atomic E-state index is 0.0508. The first kappa shape index (κ1) is 15.6. The number of rotatable bonds is 4. The smallest absolute Gasteiger partial charge is 0.155 e. The van der Waals surface area contributed by atoms with Crippen LogP contribution in [0.4, 0.5) is 8.78 Å². The molecular weight excluding hydrogens is 354 g/mol. The molecule has 1 aromatic carbocycles. The monoisotopic (exact) mass is 370 g/mol. The summed E-state index contributed by atoms with van der Waals surface area (Å²) in [5.74, 6) is 0.939. The van der Waals surface area contributed by atoms with Crippen LogP contribution < -0.4 is 0 Å². The molecule has 0 spiro atoms. The summed E-state index contributed by atoms with van der Waals surface area (Å²) in [6.07, 6.45) is 0. The van der Waals surface area contributed by atoms with Gasteiger partial charge < -0.3 is 0 Å². The van der Waals surface area contributed by atoms with Crippen molar-refractivity contribution in [3.8, 4) is 0 Å². The van der Waals surface area contributed by atoms with Gasteiger partial charge in [0.05, 0.1) is 6.67 Å². The number of halogens is 3. The molecule has 1 aliphatic rings. The standard InChI is InChI=1S/C15H17BrF2N4/c1-9-19-15(21-20-9)13-8-22(7-11(13)5-17)6-10-4-12(16)2-3-14(10)18/h2-4,11,13H,5-8H2,1H3,(H,19,20,21). The zero-order valence-electron chi connectivity index (χ0n) is 12.2. The molecule has 22 heavy (non-hydrogen) atoms. The lowest BCUT2D eigenvalue weighted by Crippen LogP contribution is -2.21. The predicted molar refractivity (Wildman–Crippen MR) is 82.7 cm³/mol. The summed E-state index contributed by atoms with van der Waals surface area (Å²) in [7, 11) is 0. The van der Waals surface area contributed by atoms with E-state index in [9.17, 15) is 8.78 Å². The molecule has 0 bridgehead atoms. The third-order valence-corrected chi connectivity index (χ3v) is 4.56. The number of hydrogen-bond acceptors (Lipinski definition) is 3. The number of nitrogens with one attached hydrogen (secondary N) is 1. The van der Waals surface area contributed by atoms with Gasteiger partial charge in [0, 0.05) is 41.5 Å². The third-order valence-electron chi connectivity index (χ3n) is 4.06. The Hall–Kier alpha value is -1.34. The summed E-state index contributed by atoms with van der Waals surface area (Å²) in [5.41, 5.74) is 0.610. The lowest BCUT2D eigenvalue weighted by molar-refractivity contribution is 0.292. The second-order valence-electron chi connectivity index (χ2n) is 5.73. The molecule has 3 rings (SSSR count). The van der Waals surface area contributed by atoms with Crippen molar-refractivity contribution in [2.75, 3.05) is 19.8 Å². The Bertz CT molecular complexity index is 661. The second-order valence-corrected chi connectivity index (χ2v) is 6.65. The maximum absolute atomic E-state index is 13.9. The fourth-order valence-corrected chi connectivity index (χ4v) is 3.38. The number of aromatic amines is 1. The van der Waals surface area contributed by atoms with Gasteiger partial charge in [-0.25, -0.2) is 9.37 Å². The van der Waals surface area contributed by atoms with Crippen molar-refractivity contribution in [1.82, 2.24) is 20.1 Å². The average Bonchev–Trinajstić information content (AvgIpc) is 3.09. The molecular formula is C15H17BrF2N4. The number of likely N-dealkylation sites (tertiary alicyclic amines) is 1. The fraction of sp³-hybridized carbons (Fsp3) is 0.467. The van der Waals surface area contributed by atoms with Crippen LogP contribution in [-0.2, 0) is 6.54 Å². The van der Waals surface area contributed by atoms with E-state index < -0.39 is 6.67 Å². The second kappa shape index (κ2) is 6.42. The molecule has 0 radical (unpaired) electrons. The lowest BCUT2D eigenvalue weighted by atomic mass is 9.97. The van der Waals surface area contributed by atoms with E-state index in [1.807, 2.05) is 6.92 Å². The van der Waals surface area contributed by atoms with Gasteiger partial charge in [0.1, 0.15) is 11.6 Å². The van der Waals surface area contributed by atoms with E-state index in [1.165, 1.54) is 6.07 Å². The quantitative estimate of drug-likeness (QED) is 0.898. The van der Waals surface area contributed by atoms with Crippen molar-refractivity contribution < 1.29 is 8.78 Å². The number of aryl methyl sites for hydroxylation is 1. The highest BCUT2D eigenvalue weighted by Crippen LogP contribution is 2.32. The highest BCUT2D eigenvalue weighted by atomic mass is 79.9. The molecule has 2 heterocycles. The topological polar surface area (TPSA) is 44.8 Å². The van der Waals surface area contributed by atoms with Gasteiger partial charge in [0.2, 0.25) is 0 Å². The number of aromatic nitrogens is 3. The molecule has 1 N–H and O–H groups in total. The van der Waals surface area contributed by atoms with Crippen LogP contribution in [0.1, 0.15) is 23.1 Å². The molecule has 1 aliphatic heterocycles. The SMILES string of the molecule is Cc1nc(C2CN(Cc3cc(Br)ccc3F)CC2CF)n[nH]1. The van der Waals surface area contributed by atoms with Crippen LogP contribution >= 0.6 is 15.9 Å². The maximum Gasteiger partial charge on any atom is 0.155 e. The van der Waals surface area contributed by atoms with Crippen molar-refractivity contribution in [2.24, 2.45) is 5.92 Å². The largest absolute Gasteiger partial charge is 0.298 e. The Morgan fingerprint density at radius 1 is 1.41 bits per heavy atom. The highest BCUT2D eigenvalue weighted by molar-refractivity contribution is 9.10. The minimum Gasteiger partial charge on any atom is -0.298 e. The van der Waals surface area contributed by atoms with Crippen LogP contribution in [0.3, 0.4) is 0 Å². The molecule has 0 saturated carbocycles. The van der Waals surface area contributed by atoms with E-state index in [0.717, 1.165) is 10.3 Å². The molecule has 2 aromatic rings. The summed E-state index contributed by atoms with van der Waals surface area (Å²) in [6, 6.07) is 4.88. The Labute approximate surface area is 136 Å².